The van der Waals surface area contributed by atoms with E-state index in [0.29, 0.717) is 23.9 Å². The molecule has 0 aliphatic heterocycles. The quantitative estimate of drug-likeness (QED) is 0.607. The smallest absolute Gasteiger partial charge is 0.161 e. The molecule has 2 rings (SSSR count). The molecule has 2 aromatic carbocycles. The van der Waals surface area contributed by atoms with Crippen molar-refractivity contribution < 1.29 is 9.59 Å². The predicted octanol–water partition coefficient (Wildman–Crippen LogP) is 2.64. The molecule has 0 radical (unpaired) electrons. The molecular weight excluding hydrogens is 228 g/mol. The minimum Gasteiger partial charge on any atom is -0.297 e. The van der Waals surface area contributed by atoms with Crippen molar-refractivity contribution in [2.45, 2.75) is 0 Å². The predicted molar refractivity (Wildman–Crippen MR) is 72.4 cm³/mol. The lowest BCUT2D eigenvalue weighted by molar-refractivity contribution is -0.103. The summed E-state index contributed by atoms with van der Waals surface area (Å²) in [5.74, 6) is 0. The third kappa shape index (κ3) is 2.38. The lowest BCUT2D eigenvalue weighted by Crippen LogP contribution is -1.78. The molecule has 0 bridgehead atoms. The highest BCUT2D eigenvalue weighted by atomic mass is 16.1. The van der Waals surface area contributed by atoms with E-state index in [0.717, 1.165) is 10.8 Å². The largest absolute Gasteiger partial charge is 0.297 e. The summed E-state index contributed by atoms with van der Waals surface area (Å²) in [6, 6.07) is 11.1. The topological polar surface area (TPSA) is 58.9 Å². The van der Waals surface area contributed by atoms with Crippen LogP contribution < -0.4 is 0 Å². The van der Waals surface area contributed by atoms with E-state index in [-0.39, 0.29) is 0 Å². The van der Waals surface area contributed by atoms with Crippen LogP contribution in [0.25, 0.3) is 10.8 Å². The summed E-state index contributed by atoms with van der Waals surface area (Å²) in [6.07, 6.45) is 3.67. The second kappa shape index (κ2) is 5.63. The maximum absolute atomic E-state index is 10.3. The van der Waals surface area contributed by atoms with Crippen LogP contribution in [-0.4, -0.2) is 25.0 Å². The molecule has 0 spiro atoms. The van der Waals surface area contributed by atoms with Crippen LogP contribution in [0.15, 0.2) is 46.4 Å². The summed E-state index contributed by atoms with van der Waals surface area (Å²) in [7, 11) is 0. The molecule has 0 atom stereocenters. The minimum atomic E-state index is 0.632. The molecule has 0 unspecified atom stereocenters. The van der Waals surface area contributed by atoms with Gasteiger partial charge in [-0.15, -0.1) is 0 Å². The molecule has 0 N–H and O–H groups in total. The Morgan fingerprint density at radius 3 is 1.56 bits per heavy atom. The van der Waals surface area contributed by atoms with E-state index in [9.17, 15) is 9.59 Å². The fourth-order valence-electron chi connectivity index (χ4n) is 1.72. The van der Waals surface area contributed by atoms with Crippen molar-refractivity contribution in [2.24, 2.45) is 9.98 Å². The van der Waals surface area contributed by atoms with Crippen molar-refractivity contribution in [1.82, 2.24) is 0 Å². The highest BCUT2D eigenvalue weighted by Crippen LogP contribution is 2.31. The lowest BCUT2D eigenvalue weighted by atomic mass is 10.1. The number of hydrogen-bond donors (Lipinski definition) is 0. The number of aldehydes is 2. The summed E-state index contributed by atoms with van der Waals surface area (Å²) >= 11 is 0. The molecule has 4 heteroatoms. The minimum absolute atomic E-state index is 0.632. The maximum Gasteiger partial charge on any atom is 0.161 e. The Labute approximate surface area is 104 Å². The molecule has 0 aromatic heterocycles. The van der Waals surface area contributed by atoms with Crippen molar-refractivity contribution in [1.29, 1.82) is 0 Å². The van der Waals surface area contributed by atoms with Gasteiger partial charge < -0.3 is 0 Å². The van der Waals surface area contributed by atoms with Gasteiger partial charge in [0, 0.05) is 10.8 Å². The van der Waals surface area contributed by atoms with Crippen LogP contribution in [0.1, 0.15) is 0 Å². The van der Waals surface area contributed by atoms with E-state index in [4.69, 9.17) is 0 Å². The third-order valence-corrected chi connectivity index (χ3v) is 2.43. The van der Waals surface area contributed by atoms with E-state index in [1.807, 2.05) is 36.4 Å². The Kier molecular flexibility index (Phi) is 3.71. The van der Waals surface area contributed by atoms with Crippen LogP contribution in [0.5, 0.6) is 0 Å². The van der Waals surface area contributed by atoms with E-state index >= 15 is 0 Å². The van der Waals surface area contributed by atoms with Crippen molar-refractivity contribution in [2.75, 3.05) is 0 Å². The Balaban J connectivity index is 2.64. The first-order valence-electron chi connectivity index (χ1n) is 5.34. The number of nitrogens with zero attached hydrogens (tertiary/aromatic N) is 2. The molecule has 88 valence electrons. The molecule has 0 saturated carbocycles. The van der Waals surface area contributed by atoms with Gasteiger partial charge in [0.2, 0.25) is 0 Å². The maximum atomic E-state index is 10.3. The number of carbonyl (C=O) groups is 2. The van der Waals surface area contributed by atoms with Crippen LogP contribution in [-0.2, 0) is 9.59 Å². The number of aliphatic imine (C=N–C) groups is 2. The number of fused-ring (bicyclic) bond motifs is 1. The third-order valence-electron chi connectivity index (χ3n) is 2.43. The van der Waals surface area contributed by atoms with Crippen molar-refractivity contribution in [3.8, 4) is 0 Å². The average molecular weight is 238 g/mol. The van der Waals surface area contributed by atoms with Crippen LogP contribution >= 0.6 is 0 Å². The molecule has 18 heavy (non-hydrogen) atoms. The second-order valence-electron chi connectivity index (χ2n) is 3.48. The average Bonchev–Trinajstić information content (AvgIpc) is 2.42. The zero-order chi connectivity index (χ0) is 12.8. The molecule has 4 nitrogen and oxygen atoms in total. The van der Waals surface area contributed by atoms with Gasteiger partial charge in [0.05, 0.1) is 23.8 Å². The number of carbonyl (C=O) groups excluding carboxylic acids is 2. The van der Waals surface area contributed by atoms with E-state index in [1.165, 1.54) is 12.4 Å². The monoisotopic (exact) mass is 238 g/mol. The molecule has 0 aliphatic carbocycles. The lowest BCUT2D eigenvalue weighted by Gasteiger charge is -2.04. The van der Waals surface area contributed by atoms with E-state index in [2.05, 4.69) is 9.98 Å². The van der Waals surface area contributed by atoms with Crippen LogP contribution in [0.4, 0.5) is 11.4 Å². The highest BCUT2D eigenvalue weighted by Gasteiger charge is 2.02. The van der Waals surface area contributed by atoms with Crippen LogP contribution in [0.3, 0.4) is 0 Å². The molecule has 0 amide bonds. The zero-order valence-corrected chi connectivity index (χ0v) is 9.48. The standard InChI is InChI=1S/C14H10N2O2/c17-9-7-15-13-5-1-3-11-12(13)4-2-6-14(11)16-8-10-18/h1-10H. The first-order chi connectivity index (χ1) is 8.86. The van der Waals surface area contributed by atoms with Gasteiger partial charge in [-0.2, -0.15) is 0 Å². The normalized spacial score (nSPS) is 11.3. The van der Waals surface area contributed by atoms with E-state index in [1.54, 1.807) is 0 Å². The zero-order valence-electron chi connectivity index (χ0n) is 9.48. The SMILES string of the molecule is O=CC=Nc1cccc2c(N=CC=O)cccc12. The van der Waals surface area contributed by atoms with Crippen molar-refractivity contribution in [3.63, 3.8) is 0 Å². The molecule has 0 saturated heterocycles. The molecule has 0 heterocycles. The Morgan fingerprint density at radius 1 is 0.722 bits per heavy atom. The summed E-state index contributed by atoms with van der Waals surface area (Å²) in [4.78, 5) is 28.7. The summed E-state index contributed by atoms with van der Waals surface area (Å²) < 4.78 is 0. The van der Waals surface area contributed by atoms with Crippen LogP contribution in [0.2, 0.25) is 0 Å². The Hall–Kier alpha value is -2.62. The molecule has 0 aliphatic rings. The summed E-state index contributed by atoms with van der Waals surface area (Å²) in [5.41, 5.74) is 1.39. The number of rotatable bonds is 4. The number of hydrogen-bond acceptors (Lipinski definition) is 4. The van der Waals surface area contributed by atoms with Gasteiger partial charge in [-0.05, 0) is 12.1 Å². The fourth-order valence-corrected chi connectivity index (χ4v) is 1.72. The van der Waals surface area contributed by atoms with E-state index < -0.39 is 0 Å². The Morgan fingerprint density at radius 2 is 1.17 bits per heavy atom. The first kappa shape index (κ1) is 11.9. The van der Waals surface area contributed by atoms with Gasteiger partial charge in [-0.25, -0.2) is 0 Å². The Bertz CT molecular complexity index is 588. The van der Waals surface area contributed by atoms with Crippen molar-refractivity contribution >= 4 is 47.1 Å². The van der Waals surface area contributed by atoms with Gasteiger partial charge >= 0.3 is 0 Å². The highest BCUT2D eigenvalue weighted by molar-refractivity contribution is 6.16. The summed E-state index contributed by atoms with van der Waals surface area (Å²) in [6.45, 7) is 0. The first-order valence-corrected chi connectivity index (χ1v) is 5.34. The van der Waals surface area contributed by atoms with Gasteiger partial charge in [0.1, 0.15) is 0 Å². The summed E-state index contributed by atoms with van der Waals surface area (Å²) in [5, 5.41) is 1.77. The van der Waals surface area contributed by atoms with Gasteiger partial charge in [-0.3, -0.25) is 19.6 Å². The van der Waals surface area contributed by atoms with Crippen molar-refractivity contribution in [3.05, 3.63) is 36.4 Å². The van der Waals surface area contributed by atoms with Crippen LogP contribution in [0, 0.1) is 0 Å². The molecule has 0 fully saturated rings. The fraction of sp³-hybridized carbons (Fsp3) is 0. The number of benzene rings is 2. The molecule has 2 aromatic rings. The van der Waals surface area contributed by atoms with Gasteiger partial charge in [0.15, 0.2) is 12.6 Å². The van der Waals surface area contributed by atoms with Gasteiger partial charge in [-0.1, -0.05) is 24.3 Å². The van der Waals surface area contributed by atoms with Gasteiger partial charge in [0.25, 0.3) is 0 Å². The molecular formula is C14H10N2O2. The second-order valence-corrected chi connectivity index (χ2v) is 3.48.